The molecule has 1 heteroatoms. The summed E-state index contributed by atoms with van der Waals surface area (Å²) in [4.78, 5) is 2.36. The third-order valence-electron chi connectivity index (χ3n) is 4.88. The van der Waals surface area contributed by atoms with Gasteiger partial charge in [0.25, 0.3) is 0 Å². The highest BCUT2D eigenvalue weighted by Crippen LogP contribution is 2.44. The average Bonchev–Trinajstić information content (AvgIpc) is 2.62. The zero-order valence-electron chi connectivity index (χ0n) is 14.2. The molecular weight excluding hydrogens is 290 g/mol. The first-order chi connectivity index (χ1) is 11.7. The molecule has 0 radical (unpaired) electrons. The summed E-state index contributed by atoms with van der Waals surface area (Å²) in [6.45, 7) is 8.49. The third kappa shape index (κ3) is 2.25. The second kappa shape index (κ2) is 5.68. The van der Waals surface area contributed by atoms with Gasteiger partial charge in [-0.15, -0.1) is 0 Å². The highest BCUT2D eigenvalue weighted by atomic mass is 15.2. The van der Waals surface area contributed by atoms with Gasteiger partial charge in [-0.25, -0.2) is 0 Å². The fourth-order valence-corrected chi connectivity index (χ4v) is 3.79. The van der Waals surface area contributed by atoms with Crippen LogP contribution in [0.5, 0.6) is 0 Å². The SMILES string of the molecule is C=C(C)C1=C(C)N2C=CC(c3ccccc3)=CC2c2ccccc21. The van der Waals surface area contributed by atoms with Crippen molar-refractivity contribution in [3.05, 3.63) is 107 Å². The van der Waals surface area contributed by atoms with Gasteiger partial charge in [0.05, 0.1) is 6.04 Å². The Kier molecular flexibility index (Phi) is 3.50. The van der Waals surface area contributed by atoms with E-state index in [4.69, 9.17) is 0 Å². The van der Waals surface area contributed by atoms with Crippen LogP contribution in [0, 0.1) is 0 Å². The molecule has 1 nitrogen and oxygen atoms in total. The summed E-state index contributed by atoms with van der Waals surface area (Å²) in [5, 5.41) is 0. The summed E-state index contributed by atoms with van der Waals surface area (Å²) in [5.41, 5.74) is 8.84. The van der Waals surface area contributed by atoms with Crippen molar-refractivity contribution in [3.63, 3.8) is 0 Å². The molecule has 2 aliphatic heterocycles. The normalized spacial score (nSPS) is 18.8. The summed E-state index contributed by atoms with van der Waals surface area (Å²) in [6, 6.07) is 19.5. The van der Waals surface area contributed by atoms with Crippen LogP contribution in [0.3, 0.4) is 0 Å². The maximum Gasteiger partial charge on any atom is 0.0781 e. The summed E-state index contributed by atoms with van der Waals surface area (Å²) in [7, 11) is 0. The van der Waals surface area contributed by atoms with Crippen LogP contribution >= 0.6 is 0 Å². The minimum Gasteiger partial charge on any atom is -0.340 e. The first-order valence-electron chi connectivity index (χ1n) is 8.36. The van der Waals surface area contributed by atoms with Gasteiger partial charge >= 0.3 is 0 Å². The van der Waals surface area contributed by atoms with Crippen LogP contribution in [0.15, 0.2) is 90.8 Å². The van der Waals surface area contributed by atoms with E-state index in [2.05, 4.69) is 98.3 Å². The van der Waals surface area contributed by atoms with Gasteiger partial charge in [-0.2, -0.15) is 0 Å². The van der Waals surface area contributed by atoms with Crippen molar-refractivity contribution in [3.8, 4) is 0 Å². The smallest absolute Gasteiger partial charge is 0.0781 e. The molecule has 2 aromatic rings. The Balaban J connectivity index is 1.88. The van der Waals surface area contributed by atoms with E-state index in [9.17, 15) is 0 Å². The molecule has 0 fully saturated rings. The van der Waals surface area contributed by atoms with Gasteiger partial charge in [0, 0.05) is 17.5 Å². The Morgan fingerprint density at radius 2 is 1.71 bits per heavy atom. The van der Waals surface area contributed by atoms with E-state index in [1.54, 1.807) is 0 Å². The van der Waals surface area contributed by atoms with Gasteiger partial charge in [-0.3, -0.25) is 0 Å². The first kappa shape index (κ1) is 14.8. The number of benzene rings is 2. The Morgan fingerprint density at radius 3 is 2.46 bits per heavy atom. The summed E-state index contributed by atoms with van der Waals surface area (Å²) >= 11 is 0. The zero-order valence-corrected chi connectivity index (χ0v) is 14.2. The van der Waals surface area contributed by atoms with Gasteiger partial charge in [0.2, 0.25) is 0 Å². The van der Waals surface area contributed by atoms with Crippen molar-refractivity contribution in [2.75, 3.05) is 0 Å². The molecule has 0 saturated heterocycles. The Bertz CT molecular complexity index is 897. The van der Waals surface area contributed by atoms with Crippen molar-refractivity contribution in [2.45, 2.75) is 19.9 Å². The fourth-order valence-electron chi connectivity index (χ4n) is 3.79. The van der Waals surface area contributed by atoms with Crippen molar-refractivity contribution in [2.24, 2.45) is 0 Å². The molecule has 2 aliphatic rings. The first-order valence-corrected chi connectivity index (χ1v) is 8.36. The van der Waals surface area contributed by atoms with E-state index in [1.807, 2.05) is 0 Å². The maximum atomic E-state index is 4.20. The van der Waals surface area contributed by atoms with Crippen LogP contribution in [0.2, 0.25) is 0 Å². The fraction of sp³-hybridized carbons (Fsp3) is 0.130. The number of allylic oxidation sites excluding steroid dienone is 5. The predicted octanol–water partition coefficient (Wildman–Crippen LogP) is 5.96. The van der Waals surface area contributed by atoms with Gasteiger partial charge in [0.1, 0.15) is 0 Å². The minimum atomic E-state index is 0.240. The number of hydrogen-bond acceptors (Lipinski definition) is 1. The van der Waals surface area contributed by atoms with E-state index in [-0.39, 0.29) is 6.04 Å². The van der Waals surface area contributed by atoms with Crippen LogP contribution in [-0.2, 0) is 0 Å². The molecule has 0 amide bonds. The maximum absolute atomic E-state index is 4.20. The molecule has 0 aliphatic carbocycles. The Hall–Kier alpha value is -2.80. The van der Waals surface area contributed by atoms with Crippen molar-refractivity contribution < 1.29 is 0 Å². The van der Waals surface area contributed by atoms with Crippen LogP contribution in [0.25, 0.3) is 11.1 Å². The standard InChI is InChI=1S/C23H21N/c1-16(2)23-17(3)24-14-13-19(18-9-5-4-6-10-18)15-22(24)20-11-7-8-12-21(20)23/h4-15,22H,1H2,2-3H3. The molecule has 2 heterocycles. The summed E-state index contributed by atoms with van der Waals surface area (Å²) in [6.07, 6.45) is 6.79. The van der Waals surface area contributed by atoms with E-state index in [0.717, 1.165) is 5.57 Å². The summed E-state index contributed by atoms with van der Waals surface area (Å²) < 4.78 is 0. The molecular formula is C23H21N. The number of nitrogens with zero attached hydrogens (tertiary/aromatic N) is 1. The Morgan fingerprint density at radius 1 is 1.00 bits per heavy atom. The molecule has 1 unspecified atom stereocenters. The molecule has 2 aromatic carbocycles. The topological polar surface area (TPSA) is 3.24 Å². The highest BCUT2D eigenvalue weighted by Gasteiger charge is 2.30. The zero-order chi connectivity index (χ0) is 16.7. The predicted molar refractivity (Wildman–Crippen MR) is 102 cm³/mol. The molecule has 118 valence electrons. The lowest BCUT2D eigenvalue weighted by atomic mass is 9.83. The molecule has 4 rings (SSSR count). The molecule has 0 saturated carbocycles. The van der Waals surface area contributed by atoms with Crippen molar-refractivity contribution >= 4 is 11.1 Å². The van der Waals surface area contributed by atoms with Gasteiger partial charge in [0.15, 0.2) is 0 Å². The van der Waals surface area contributed by atoms with E-state index in [1.165, 1.54) is 33.5 Å². The largest absolute Gasteiger partial charge is 0.340 e. The van der Waals surface area contributed by atoms with E-state index >= 15 is 0 Å². The molecule has 1 atom stereocenters. The number of hydrogen-bond donors (Lipinski definition) is 0. The molecule has 0 aromatic heterocycles. The molecule has 0 spiro atoms. The third-order valence-corrected chi connectivity index (χ3v) is 4.88. The van der Waals surface area contributed by atoms with Crippen molar-refractivity contribution in [1.29, 1.82) is 0 Å². The van der Waals surface area contributed by atoms with E-state index in [0.29, 0.717) is 0 Å². The van der Waals surface area contributed by atoms with Crippen molar-refractivity contribution in [1.82, 2.24) is 4.90 Å². The Labute approximate surface area is 143 Å². The average molecular weight is 311 g/mol. The second-order valence-electron chi connectivity index (χ2n) is 6.48. The second-order valence-corrected chi connectivity index (χ2v) is 6.48. The monoisotopic (exact) mass is 311 g/mol. The van der Waals surface area contributed by atoms with Crippen LogP contribution in [0.4, 0.5) is 0 Å². The number of rotatable bonds is 2. The lowest BCUT2D eigenvalue weighted by Crippen LogP contribution is -2.28. The highest BCUT2D eigenvalue weighted by molar-refractivity contribution is 5.85. The number of fused-ring (bicyclic) bond motifs is 3. The molecule has 0 bridgehead atoms. The van der Waals surface area contributed by atoms with Gasteiger partial charge in [-0.05, 0) is 53.8 Å². The lowest BCUT2D eigenvalue weighted by Gasteiger charge is -2.39. The quantitative estimate of drug-likeness (QED) is 0.661. The minimum absolute atomic E-state index is 0.240. The molecule has 0 N–H and O–H groups in total. The summed E-state index contributed by atoms with van der Waals surface area (Å²) in [5.74, 6) is 0. The lowest BCUT2D eigenvalue weighted by molar-refractivity contribution is 0.395. The van der Waals surface area contributed by atoms with Gasteiger partial charge < -0.3 is 4.90 Å². The van der Waals surface area contributed by atoms with Crippen LogP contribution in [0.1, 0.15) is 36.6 Å². The van der Waals surface area contributed by atoms with E-state index < -0.39 is 0 Å². The van der Waals surface area contributed by atoms with Gasteiger partial charge in [-0.1, -0.05) is 61.2 Å². The van der Waals surface area contributed by atoms with Crippen LogP contribution in [-0.4, -0.2) is 4.90 Å². The van der Waals surface area contributed by atoms with Crippen LogP contribution < -0.4 is 0 Å². The molecule has 24 heavy (non-hydrogen) atoms.